The average molecular weight is 493 g/mol. The van der Waals surface area contributed by atoms with Gasteiger partial charge >= 0.3 is 0 Å². The van der Waals surface area contributed by atoms with E-state index in [9.17, 15) is 0 Å². The molecule has 1 aliphatic rings. The van der Waals surface area contributed by atoms with Crippen molar-refractivity contribution in [2.24, 2.45) is 0 Å². The SMILES string of the molecule is CSC(SCS)C(SCS)SCSC1SCSC1SCS. The van der Waals surface area contributed by atoms with Gasteiger partial charge < -0.3 is 0 Å². The summed E-state index contributed by atoms with van der Waals surface area (Å²) in [6.45, 7) is 0. The molecule has 0 saturated carbocycles. The lowest BCUT2D eigenvalue weighted by atomic mass is 10.9. The molecular formula is C10H20S11. The Morgan fingerprint density at radius 2 is 1.52 bits per heavy atom. The molecule has 1 fully saturated rings. The Labute approximate surface area is 179 Å². The predicted molar refractivity (Wildman–Crippen MR) is 133 cm³/mol. The number of thioether (sulfide) groups is 8. The molecule has 0 aliphatic carbocycles. The van der Waals surface area contributed by atoms with Crippen LogP contribution < -0.4 is 0 Å². The monoisotopic (exact) mass is 492 g/mol. The van der Waals surface area contributed by atoms with Crippen LogP contribution in [-0.2, 0) is 0 Å². The fraction of sp³-hybridized carbons (Fsp3) is 1.00. The van der Waals surface area contributed by atoms with Gasteiger partial charge in [-0.25, -0.2) is 0 Å². The van der Waals surface area contributed by atoms with Crippen molar-refractivity contribution in [2.75, 3.05) is 31.7 Å². The van der Waals surface area contributed by atoms with Crippen LogP contribution in [0.2, 0.25) is 0 Å². The van der Waals surface area contributed by atoms with Crippen molar-refractivity contribution in [1.82, 2.24) is 0 Å². The fourth-order valence-electron chi connectivity index (χ4n) is 1.44. The van der Waals surface area contributed by atoms with E-state index in [0.29, 0.717) is 18.3 Å². The maximum absolute atomic E-state index is 4.40. The summed E-state index contributed by atoms with van der Waals surface area (Å²) in [5, 5.41) is 5.09. The highest BCUT2D eigenvalue weighted by atomic mass is 32.3. The molecule has 0 nitrogen and oxygen atoms in total. The van der Waals surface area contributed by atoms with E-state index in [1.54, 1.807) is 0 Å². The molecule has 1 heterocycles. The molecule has 21 heavy (non-hydrogen) atoms. The Balaban J connectivity index is 2.35. The van der Waals surface area contributed by atoms with Crippen molar-refractivity contribution in [1.29, 1.82) is 0 Å². The summed E-state index contributed by atoms with van der Waals surface area (Å²) >= 11 is 29.3. The van der Waals surface area contributed by atoms with E-state index < -0.39 is 0 Å². The van der Waals surface area contributed by atoms with Crippen LogP contribution in [0.4, 0.5) is 0 Å². The van der Waals surface area contributed by atoms with Crippen LogP contribution in [0, 0.1) is 0 Å². The summed E-state index contributed by atoms with van der Waals surface area (Å²) < 4.78 is 2.61. The van der Waals surface area contributed by atoms with Gasteiger partial charge in [-0.05, 0) is 6.26 Å². The lowest BCUT2D eigenvalue weighted by molar-refractivity contribution is 1.36. The molecule has 0 spiro atoms. The molecule has 1 aliphatic heterocycles. The Kier molecular flexibility index (Phi) is 16.3. The molecule has 0 aromatic rings. The van der Waals surface area contributed by atoms with Gasteiger partial charge in [-0.1, -0.05) is 0 Å². The minimum absolute atomic E-state index is 0.595. The molecular weight excluding hydrogens is 473 g/mol. The van der Waals surface area contributed by atoms with E-state index >= 15 is 0 Å². The topological polar surface area (TPSA) is 0 Å². The molecule has 0 N–H and O–H groups in total. The van der Waals surface area contributed by atoms with Crippen LogP contribution >= 0.6 is 132 Å². The molecule has 126 valence electrons. The first-order chi connectivity index (χ1) is 10.3. The van der Waals surface area contributed by atoms with Gasteiger partial charge in [-0.3, -0.25) is 0 Å². The maximum Gasteiger partial charge on any atom is 0.0729 e. The zero-order valence-electron chi connectivity index (χ0n) is 11.5. The largest absolute Gasteiger partial charge is 0.168 e. The summed E-state index contributed by atoms with van der Waals surface area (Å²) in [5.74, 6) is 0. The van der Waals surface area contributed by atoms with Crippen molar-refractivity contribution >= 4 is 132 Å². The number of rotatable bonds is 12. The summed E-state index contributed by atoms with van der Waals surface area (Å²) in [7, 11) is 0. The molecule has 0 radical (unpaired) electrons. The third-order valence-electron chi connectivity index (χ3n) is 2.32. The van der Waals surface area contributed by atoms with Crippen LogP contribution in [0.25, 0.3) is 0 Å². The summed E-state index contributed by atoms with van der Waals surface area (Å²) in [6.07, 6.45) is 2.20. The zero-order valence-corrected chi connectivity index (χ0v) is 20.7. The molecule has 4 unspecified atom stereocenters. The summed E-state index contributed by atoms with van der Waals surface area (Å²) in [4.78, 5) is 0. The smallest absolute Gasteiger partial charge is 0.0729 e. The van der Waals surface area contributed by atoms with Gasteiger partial charge in [0.2, 0.25) is 0 Å². The number of thiol groups is 3. The standard InChI is InChI=1S/C10H20S11/c1-14-7(15-2-11)8(16-3-12)18-5-20-10-9(17-4-13)19-6-21-10/h7-13H,2-6H2,1H3. The van der Waals surface area contributed by atoms with E-state index in [0.717, 1.165) is 20.3 Å². The van der Waals surface area contributed by atoms with Gasteiger partial charge in [0.25, 0.3) is 0 Å². The van der Waals surface area contributed by atoms with Crippen molar-refractivity contribution in [2.45, 2.75) is 18.3 Å². The fourth-order valence-corrected chi connectivity index (χ4v) is 16.6. The molecule has 0 bridgehead atoms. The van der Waals surface area contributed by atoms with Gasteiger partial charge in [0, 0.05) is 25.4 Å². The van der Waals surface area contributed by atoms with Crippen LogP contribution in [0.3, 0.4) is 0 Å². The summed E-state index contributed by atoms with van der Waals surface area (Å²) in [5.41, 5.74) is 0. The molecule has 0 amide bonds. The lowest BCUT2D eigenvalue weighted by Crippen LogP contribution is -2.14. The van der Waals surface area contributed by atoms with Crippen molar-refractivity contribution in [3.63, 3.8) is 0 Å². The van der Waals surface area contributed by atoms with Crippen molar-refractivity contribution in [3.05, 3.63) is 0 Å². The van der Waals surface area contributed by atoms with Gasteiger partial charge in [0.1, 0.15) is 0 Å². The first-order valence-electron chi connectivity index (χ1n) is 5.93. The van der Waals surface area contributed by atoms with E-state index in [4.69, 9.17) is 0 Å². The second kappa shape index (κ2) is 15.0. The first-order valence-corrected chi connectivity index (χ1v) is 16.5. The van der Waals surface area contributed by atoms with Gasteiger partial charge in [0.05, 0.1) is 18.3 Å². The summed E-state index contributed by atoms with van der Waals surface area (Å²) in [6, 6.07) is 0. The van der Waals surface area contributed by atoms with E-state index in [1.165, 1.54) is 5.08 Å². The Hall–Kier alpha value is 3.85. The second-order valence-electron chi connectivity index (χ2n) is 3.50. The first kappa shape index (κ1) is 22.9. The Bertz CT molecular complexity index is 253. The van der Waals surface area contributed by atoms with Crippen LogP contribution in [-0.4, -0.2) is 50.0 Å². The van der Waals surface area contributed by atoms with Crippen LogP contribution in [0.5, 0.6) is 0 Å². The average Bonchev–Trinajstić information content (AvgIpc) is 2.92. The van der Waals surface area contributed by atoms with Gasteiger partial charge in [-0.15, -0.1) is 94.1 Å². The molecule has 11 heteroatoms. The lowest BCUT2D eigenvalue weighted by Gasteiger charge is -2.24. The molecule has 0 aromatic heterocycles. The van der Waals surface area contributed by atoms with Crippen LogP contribution in [0.1, 0.15) is 0 Å². The third kappa shape index (κ3) is 9.38. The highest BCUT2D eigenvalue weighted by Crippen LogP contribution is 2.49. The van der Waals surface area contributed by atoms with Crippen molar-refractivity contribution < 1.29 is 0 Å². The number of hydrogen-bond acceptors (Lipinski definition) is 11. The minimum atomic E-state index is 0.595. The Morgan fingerprint density at radius 3 is 2.10 bits per heavy atom. The maximum atomic E-state index is 4.40. The van der Waals surface area contributed by atoms with Crippen LogP contribution in [0.15, 0.2) is 0 Å². The third-order valence-corrected chi connectivity index (χ3v) is 16.0. The van der Waals surface area contributed by atoms with Gasteiger partial charge in [-0.2, -0.15) is 37.9 Å². The Morgan fingerprint density at radius 1 is 0.905 bits per heavy atom. The number of hydrogen-bond donors (Lipinski definition) is 3. The minimum Gasteiger partial charge on any atom is -0.168 e. The van der Waals surface area contributed by atoms with E-state index in [2.05, 4.69) is 91.2 Å². The van der Waals surface area contributed by atoms with Crippen molar-refractivity contribution in [3.8, 4) is 0 Å². The van der Waals surface area contributed by atoms with Gasteiger partial charge in [0.15, 0.2) is 0 Å². The molecule has 1 saturated heterocycles. The normalized spacial score (nSPS) is 25.1. The molecule has 0 aromatic carbocycles. The molecule has 4 atom stereocenters. The van der Waals surface area contributed by atoms with E-state index in [-0.39, 0.29) is 0 Å². The van der Waals surface area contributed by atoms with E-state index in [1.807, 2.05) is 47.0 Å². The molecule has 1 rings (SSSR count). The second-order valence-corrected chi connectivity index (χ2v) is 16.5. The highest BCUT2D eigenvalue weighted by Gasteiger charge is 2.30. The predicted octanol–water partition coefficient (Wildman–Crippen LogP) is 6.38. The quantitative estimate of drug-likeness (QED) is 0.209. The highest BCUT2D eigenvalue weighted by molar-refractivity contribution is 8.35. The zero-order chi connectivity index (χ0) is 15.5.